The van der Waals surface area contributed by atoms with Gasteiger partial charge in [0.2, 0.25) is 0 Å². The SMILES string of the molecule is COc1cc(NC2=NCC(CC(C)(C)C)S2)ccc1Br. The maximum atomic E-state index is 5.30. The number of hydrogen-bond acceptors (Lipinski definition) is 4. The van der Waals surface area contributed by atoms with Crippen LogP contribution in [0.15, 0.2) is 27.7 Å². The van der Waals surface area contributed by atoms with Crippen molar-refractivity contribution in [3.8, 4) is 5.75 Å². The van der Waals surface area contributed by atoms with Gasteiger partial charge in [0.25, 0.3) is 0 Å². The van der Waals surface area contributed by atoms with Gasteiger partial charge in [0.15, 0.2) is 5.17 Å². The van der Waals surface area contributed by atoms with Crippen LogP contribution in [0.2, 0.25) is 0 Å². The van der Waals surface area contributed by atoms with E-state index in [4.69, 9.17) is 4.74 Å². The van der Waals surface area contributed by atoms with Gasteiger partial charge in [0.05, 0.1) is 18.1 Å². The van der Waals surface area contributed by atoms with Crippen LogP contribution in [0.4, 0.5) is 5.69 Å². The molecule has 0 aromatic heterocycles. The number of amidine groups is 1. The number of aliphatic imine (C=N–C) groups is 1. The van der Waals surface area contributed by atoms with Crippen molar-refractivity contribution >= 4 is 38.5 Å². The number of halogens is 1. The average molecular weight is 357 g/mol. The molecular formula is C15H21BrN2OS. The summed E-state index contributed by atoms with van der Waals surface area (Å²) in [6.07, 6.45) is 1.18. The standard InChI is InChI=1S/C15H21BrN2OS/c1-15(2,3)8-11-9-17-14(20-11)18-10-5-6-12(16)13(7-10)19-4/h5-7,11H,8-9H2,1-4H3,(H,17,18). The Morgan fingerprint density at radius 3 is 2.85 bits per heavy atom. The number of benzene rings is 1. The molecule has 1 aliphatic rings. The zero-order valence-electron chi connectivity index (χ0n) is 12.4. The molecule has 0 spiro atoms. The van der Waals surface area contributed by atoms with Crippen molar-refractivity contribution in [2.75, 3.05) is 19.0 Å². The molecule has 20 heavy (non-hydrogen) atoms. The first-order valence-corrected chi connectivity index (χ1v) is 8.36. The number of anilines is 1. The first-order chi connectivity index (χ1) is 9.37. The molecule has 0 aliphatic carbocycles. The van der Waals surface area contributed by atoms with Gasteiger partial charge in [0, 0.05) is 17.0 Å². The van der Waals surface area contributed by atoms with E-state index < -0.39 is 0 Å². The van der Waals surface area contributed by atoms with Crippen molar-refractivity contribution < 1.29 is 4.74 Å². The van der Waals surface area contributed by atoms with Crippen molar-refractivity contribution in [3.63, 3.8) is 0 Å². The molecule has 0 saturated heterocycles. The fraction of sp³-hybridized carbons (Fsp3) is 0.533. The van der Waals surface area contributed by atoms with Gasteiger partial charge < -0.3 is 10.1 Å². The second-order valence-electron chi connectivity index (χ2n) is 6.12. The third-order valence-electron chi connectivity index (χ3n) is 2.96. The van der Waals surface area contributed by atoms with E-state index in [9.17, 15) is 0 Å². The lowest BCUT2D eigenvalue weighted by atomic mass is 9.90. The number of ether oxygens (including phenoxy) is 1. The molecule has 0 fully saturated rings. The predicted molar refractivity (Wildman–Crippen MR) is 92.1 cm³/mol. The van der Waals surface area contributed by atoms with E-state index in [0.717, 1.165) is 27.6 Å². The second kappa shape index (κ2) is 6.39. The predicted octanol–water partition coefficient (Wildman–Crippen LogP) is 4.78. The molecular weight excluding hydrogens is 336 g/mol. The summed E-state index contributed by atoms with van der Waals surface area (Å²) in [4.78, 5) is 4.59. The minimum Gasteiger partial charge on any atom is -0.495 e. The van der Waals surface area contributed by atoms with Gasteiger partial charge in [-0.1, -0.05) is 32.5 Å². The lowest BCUT2D eigenvalue weighted by molar-refractivity contribution is 0.375. The Kier molecular flexibility index (Phi) is 5.02. The maximum Gasteiger partial charge on any atom is 0.161 e. The number of hydrogen-bond donors (Lipinski definition) is 1. The van der Waals surface area contributed by atoms with Crippen LogP contribution < -0.4 is 10.1 Å². The summed E-state index contributed by atoms with van der Waals surface area (Å²) in [6, 6.07) is 5.98. The number of nitrogens with one attached hydrogen (secondary N) is 1. The molecule has 1 atom stereocenters. The average Bonchev–Trinajstić information content (AvgIpc) is 2.76. The van der Waals surface area contributed by atoms with Crippen molar-refractivity contribution in [1.29, 1.82) is 0 Å². The molecule has 2 rings (SSSR count). The summed E-state index contributed by atoms with van der Waals surface area (Å²) in [5.41, 5.74) is 1.36. The molecule has 1 unspecified atom stereocenters. The van der Waals surface area contributed by atoms with E-state index in [-0.39, 0.29) is 0 Å². The van der Waals surface area contributed by atoms with Crippen molar-refractivity contribution in [2.24, 2.45) is 10.4 Å². The quantitative estimate of drug-likeness (QED) is 0.845. The van der Waals surface area contributed by atoms with E-state index in [2.05, 4.69) is 47.0 Å². The molecule has 1 heterocycles. The Bertz CT molecular complexity index is 511. The third-order valence-corrected chi connectivity index (χ3v) is 4.72. The maximum absolute atomic E-state index is 5.30. The van der Waals surface area contributed by atoms with Crippen molar-refractivity contribution in [3.05, 3.63) is 22.7 Å². The van der Waals surface area contributed by atoms with Gasteiger partial charge >= 0.3 is 0 Å². The van der Waals surface area contributed by atoms with Gasteiger partial charge in [0.1, 0.15) is 5.75 Å². The molecule has 0 saturated carbocycles. The van der Waals surface area contributed by atoms with Gasteiger partial charge in [-0.2, -0.15) is 0 Å². The van der Waals surface area contributed by atoms with E-state index in [0.29, 0.717) is 10.7 Å². The molecule has 1 aromatic rings. The molecule has 0 radical (unpaired) electrons. The summed E-state index contributed by atoms with van der Waals surface area (Å²) >= 11 is 5.29. The monoisotopic (exact) mass is 356 g/mol. The van der Waals surface area contributed by atoms with Gasteiger partial charge in [-0.25, -0.2) is 0 Å². The van der Waals surface area contributed by atoms with E-state index in [1.54, 1.807) is 7.11 Å². The third kappa shape index (κ3) is 4.42. The fourth-order valence-corrected chi connectivity index (χ4v) is 3.92. The smallest absolute Gasteiger partial charge is 0.161 e. The lowest BCUT2D eigenvalue weighted by Crippen LogP contribution is -2.16. The van der Waals surface area contributed by atoms with Gasteiger partial charge in [-0.05, 0) is 39.9 Å². The number of methoxy groups -OCH3 is 1. The summed E-state index contributed by atoms with van der Waals surface area (Å²) in [7, 11) is 1.67. The molecule has 5 heteroatoms. The largest absolute Gasteiger partial charge is 0.495 e. The van der Waals surface area contributed by atoms with Crippen LogP contribution in [0, 0.1) is 5.41 Å². The zero-order chi connectivity index (χ0) is 14.8. The topological polar surface area (TPSA) is 33.6 Å². The first-order valence-electron chi connectivity index (χ1n) is 6.69. The summed E-state index contributed by atoms with van der Waals surface area (Å²) < 4.78 is 6.26. The minimum absolute atomic E-state index is 0.351. The Morgan fingerprint density at radius 1 is 1.45 bits per heavy atom. The molecule has 110 valence electrons. The second-order valence-corrected chi connectivity index (χ2v) is 8.27. The highest BCUT2D eigenvalue weighted by molar-refractivity contribution is 9.10. The Balaban J connectivity index is 1.95. The number of thioether (sulfide) groups is 1. The van der Waals surface area contributed by atoms with Crippen LogP contribution in [0.25, 0.3) is 0 Å². The molecule has 1 aliphatic heterocycles. The Labute approximate surface area is 133 Å². The molecule has 0 amide bonds. The zero-order valence-corrected chi connectivity index (χ0v) is 14.8. The van der Waals surface area contributed by atoms with Crippen LogP contribution in [-0.4, -0.2) is 24.1 Å². The van der Waals surface area contributed by atoms with E-state index >= 15 is 0 Å². The van der Waals surface area contributed by atoms with Crippen LogP contribution in [0.3, 0.4) is 0 Å². The highest BCUT2D eigenvalue weighted by Gasteiger charge is 2.25. The fourth-order valence-electron chi connectivity index (χ4n) is 2.14. The lowest BCUT2D eigenvalue weighted by Gasteiger charge is -2.21. The highest BCUT2D eigenvalue weighted by atomic mass is 79.9. The normalized spacial score (nSPS) is 18.9. The summed E-state index contributed by atoms with van der Waals surface area (Å²) in [5, 5.41) is 4.95. The molecule has 1 aromatic carbocycles. The van der Waals surface area contributed by atoms with E-state index in [1.165, 1.54) is 6.42 Å². The summed E-state index contributed by atoms with van der Waals surface area (Å²) in [5.74, 6) is 0.824. The van der Waals surface area contributed by atoms with Gasteiger partial charge in [-0.15, -0.1) is 0 Å². The molecule has 1 N–H and O–H groups in total. The first kappa shape index (κ1) is 15.7. The van der Waals surface area contributed by atoms with E-state index in [1.807, 2.05) is 30.0 Å². The van der Waals surface area contributed by atoms with Crippen molar-refractivity contribution in [2.45, 2.75) is 32.4 Å². The highest BCUT2D eigenvalue weighted by Crippen LogP contribution is 2.33. The number of nitrogens with zero attached hydrogens (tertiary/aromatic N) is 1. The van der Waals surface area contributed by atoms with Crippen LogP contribution in [0.5, 0.6) is 5.75 Å². The Morgan fingerprint density at radius 2 is 2.20 bits per heavy atom. The minimum atomic E-state index is 0.351. The molecule has 0 bridgehead atoms. The summed E-state index contributed by atoms with van der Waals surface area (Å²) in [6.45, 7) is 7.73. The molecule has 3 nitrogen and oxygen atoms in total. The number of rotatable bonds is 3. The van der Waals surface area contributed by atoms with Crippen LogP contribution in [-0.2, 0) is 0 Å². The van der Waals surface area contributed by atoms with Crippen LogP contribution in [0.1, 0.15) is 27.2 Å². The van der Waals surface area contributed by atoms with Crippen molar-refractivity contribution in [1.82, 2.24) is 0 Å². The van der Waals surface area contributed by atoms with Crippen LogP contribution >= 0.6 is 27.7 Å². The van der Waals surface area contributed by atoms with Gasteiger partial charge in [-0.3, -0.25) is 4.99 Å². The Hall–Kier alpha value is -0.680.